The molecule has 1 saturated heterocycles. The van der Waals surface area contributed by atoms with E-state index in [1.165, 1.54) is 12.3 Å². The van der Waals surface area contributed by atoms with Gasteiger partial charge in [0.25, 0.3) is 0 Å². The van der Waals surface area contributed by atoms with E-state index in [4.69, 9.17) is 9.47 Å². The zero-order valence-electron chi connectivity index (χ0n) is 19.4. The molecule has 0 aliphatic carbocycles. The Morgan fingerprint density at radius 3 is 2.71 bits per heavy atom. The molecule has 1 aliphatic heterocycles. The lowest BCUT2D eigenvalue weighted by molar-refractivity contribution is -0.147. The summed E-state index contributed by atoms with van der Waals surface area (Å²) in [5.74, 6) is -4.14. The number of methoxy groups -OCH3 is 1. The fourth-order valence-electron chi connectivity index (χ4n) is 5.22. The van der Waals surface area contributed by atoms with E-state index in [0.29, 0.717) is 27.8 Å². The summed E-state index contributed by atoms with van der Waals surface area (Å²) in [6.45, 7) is 4.11. The predicted molar refractivity (Wildman–Crippen MR) is 122 cm³/mol. The van der Waals surface area contributed by atoms with Gasteiger partial charge in [0.15, 0.2) is 23.6 Å². The molecule has 10 heteroatoms. The number of hydrogen-bond acceptors (Lipinski definition) is 4. The lowest BCUT2D eigenvalue weighted by Gasteiger charge is -2.29. The van der Waals surface area contributed by atoms with Gasteiger partial charge in [-0.1, -0.05) is 13.8 Å². The molecule has 0 amide bonds. The van der Waals surface area contributed by atoms with Crippen LogP contribution in [0.5, 0.6) is 0 Å². The molecule has 7 nitrogen and oxygen atoms in total. The average molecular weight is 487 g/mol. The van der Waals surface area contributed by atoms with Gasteiger partial charge in [0.05, 0.1) is 24.9 Å². The van der Waals surface area contributed by atoms with Gasteiger partial charge < -0.3 is 19.1 Å². The van der Waals surface area contributed by atoms with Gasteiger partial charge in [-0.15, -0.1) is 0 Å². The molecule has 0 unspecified atom stereocenters. The van der Waals surface area contributed by atoms with Crippen molar-refractivity contribution in [3.8, 4) is 5.69 Å². The maximum absolute atomic E-state index is 16.1. The second-order valence-corrected chi connectivity index (χ2v) is 9.52. The summed E-state index contributed by atoms with van der Waals surface area (Å²) in [6.07, 6.45) is 0.598. The summed E-state index contributed by atoms with van der Waals surface area (Å²) in [5.41, 5.74) is 1.37. The number of nitrogens with one attached hydrogen (secondary N) is 1. The lowest BCUT2D eigenvalue weighted by Crippen LogP contribution is -2.29. The molecule has 4 aromatic rings. The van der Waals surface area contributed by atoms with Gasteiger partial charge in [0, 0.05) is 46.7 Å². The van der Waals surface area contributed by atoms with Crippen LogP contribution in [-0.4, -0.2) is 52.3 Å². The molecule has 0 radical (unpaired) electrons. The molecule has 35 heavy (non-hydrogen) atoms. The van der Waals surface area contributed by atoms with Crippen molar-refractivity contribution in [1.29, 1.82) is 0 Å². The molecule has 2 N–H and O–H groups in total. The van der Waals surface area contributed by atoms with E-state index in [9.17, 15) is 18.7 Å². The molecule has 0 saturated carbocycles. The number of benzene rings is 2. The number of nitrogens with zero attached hydrogens (tertiary/aromatic N) is 2. The summed E-state index contributed by atoms with van der Waals surface area (Å²) in [4.78, 5) is 11.6. The second kappa shape index (κ2) is 8.39. The van der Waals surface area contributed by atoms with Gasteiger partial charge in [-0.2, -0.15) is 5.10 Å². The fourth-order valence-corrected chi connectivity index (χ4v) is 5.22. The molecule has 2 aromatic heterocycles. The number of aliphatic carboxylic acids is 1. The molecule has 3 heterocycles. The Balaban J connectivity index is 1.92. The summed E-state index contributed by atoms with van der Waals surface area (Å²) < 4.78 is 57.0. The van der Waals surface area contributed by atoms with E-state index in [1.807, 2.05) is 13.8 Å². The quantitative estimate of drug-likeness (QED) is 0.408. The Morgan fingerprint density at radius 1 is 1.29 bits per heavy atom. The van der Waals surface area contributed by atoms with Crippen LogP contribution in [0.25, 0.3) is 27.5 Å². The third-order valence-corrected chi connectivity index (χ3v) is 6.63. The third-order valence-electron chi connectivity index (χ3n) is 6.63. The Morgan fingerprint density at radius 2 is 2.06 bits per heavy atom. The summed E-state index contributed by atoms with van der Waals surface area (Å²) in [7, 11) is 1.54. The van der Waals surface area contributed by atoms with E-state index in [0.717, 1.165) is 12.1 Å². The maximum atomic E-state index is 16.1. The molecule has 1 aliphatic rings. The molecule has 0 spiro atoms. The fraction of sp³-hybridized carbons (Fsp3) is 0.360. The van der Waals surface area contributed by atoms with Crippen LogP contribution in [0.2, 0.25) is 0 Å². The van der Waals surface area contributed by atoms with E-state index in [1.54, 1.807) is 17.7 Å². The van der Waals surface area contributed by atoms with Gasteiger partial charge in [-0.3, -0.25) is 5.10 Å². The van der Waals surface area contributed by atoms with Gasteiger partial charge in [-0.25, -0.2) is 18.0 Å². The molecule has 5 rings (SSSR count). The van der Waals surface area contributed by atoms with E-state index in [2.05, 4.69) is 10.2 Å². The zero-order valence-corrected chi connectivity index (χ0v) is 19.4. The van der Waals surface area contributed by atoms with E-state index < -0.39 is 40.9 Å². The number of halogens is 3. The van der Waals surface area contributed by atoms with Crippen LogP contribution < -0.4 is 0 Å². The van der Waals surface area contributed by atoms with Crippen LogP contribution in [-0.2, 0) is 19.7 Å². The number of carboxylic acid groups (broad SMARTS) is 1. The van der Waals surface area contributed by atoms with Crippen LogP contribution in [0.4, 0.5) is 13.2 Å². The Hall–Kier alpha value is -3.37. The molecule has 0 bridgehead atoms. The average Bonchev–Trinajstić information content (AvgIpc) is 3.52. The van der Waals surface area contributed by atoms with Crippen molar-refractivity contribution in [2.24, 2.45) is 0 Å². The van der Waals surface area contributed by atoms with Crippen molar-refractivity contribution in [3.63, 3.8) is 0 Å². The summed E-state index contributed by atoms with van der Waals surface area (Å²) >= 11 is 0. The van der Waals surface area contributed by atoms with Crippen LogP contribution in [0.3, 0.4) is 0 Å². The molecule has 2 atom stereocenters. The largest absolute Gasteiger partial charge is 0.479 e. The molecule has 184 valence electrons. The Labute approximate surface area is 198 Å². The van der Waals surface area contributed by atoms with E-state index in [-0.39, 0.29) is 30.5 Å². The minimum atomic E-state index is -1.09. The first-order valence-electron chi connectivity index (χ1n) is 11.1. The van der Waals surface area contributed by atoms with Crippen LogP contribution in [0, 0.1) is 17.5 Å². The number of carboxylic acids is 1. The number of H-pyrrole nitrogens is 1. The second-order valence-electron chi connectivity index (χ2n) is 9.52. The highest BCUT2D eigenvalue weighted by molar-refractivity contribution is 6.00. The first-order chi connectivity index (χ1) is 16.6. The smallest absolute Gasteiger partial charge is 0.332 e. The van der Waals surface area contributed by atoms with Crippen molar-refractivity contribution in [3.05, 3.63) is 59.2 Å². The maximum Gasteiger partial charge on any atom is 0.332 e. The van der Waals surface area contributed by atoms with Gasteiger partial charge >= 0.3 is 5.97 Å². The van der Waals surface area contributed by atoms with Crippen molar-refractivity contribution in [2.75, 3.05) is 20.3 Å². The minimum Gasteiger partial charge on any atom is -0.479 e. The molecular weight excluding hydrogens is 463 g/mol. The number of ether oxygens (including phenoxy) is 2. The van der Waals surface area contributed by atoms with Gasteiger partial charge in [0.2, 0.25) is 0 Å². The topological polar surface area (TPSA) is 89.4 Å². The van der Waals surface area contributed by atoms with Crippen molar-refractivity contribution >= 4 is 27.8 Å². The van der Waals surface area contributed by atoms with E-state index >= 15 is 4.39 Å². The number of rotatable bonds is 6. The number of aromatic amines is 1. The summed E-state index contributed by atoms with van der Waals surface area (Å²) in [6, 6.07) is 5.25. The monoisotopic (exact) mass is 487 g/mol. The van der Waals surface area contributed by atoms with Gasteiger partial charge in [-0.05, 0) is 30.2 Å². The first kappa shape index (κ1) is 23.4. The minimum absolute atomic E-state index is 0.0738. The van der Waals surface area contributed by atoms with Gasteiger partial charge in [0.1, 0.15) is 5.52 Å². The number of fused-ring (bicyclic) bond motifs is 2. The Bertz CT molecular complexity index is 1460. The summed E-state index contributed by atoms with van der Waals surface area (Å²) in [5, 5.41) is 16.9. The number of carbonyl (C=O) groups is 1. The highest BCUT2D eigenvalue weighted by Gasteiger charge is 2.40. The van der Waals surface area contributed by atoms with Crippen molar-refractivity contribution in [1.82, 2.24) is 14.8 Å². The Kier molecular flexibility index (Phi) is 5.60. The number of hydrogen-bond donors (Lipinski definition) is 2. The SMILES string of the molecule is COCC(C)(C)c1c([C@H]2CO[C@H](C(=O)O)C2)c2c(F)c3[nH]ncc3cc2n1-c1ccc(F)c(F)c1. The lowest BCUT2D eigenvalue weighted by atomic mass is 9.82. The third kappa shape index (κ3) is 3.68. The normalized spacial score (nSPS) is 18.7. The highest BCUT2D eigenvalue weighted by atomic mass is 19.2. The molecular formula is C25H24F3N3O4. The van der Waals surface area contributed by atoms with Crippen LogP contribution in [0.15, 0.2) is 30.5 Å². The predicted octanol–water partition coefficient (Wildman–Crippen LogP) is 4.81. The van der Waals surface area contributed by atoms with Crippen LogP contribution >= 0.6 is 0 Å². The number of aromatic nitrogens is 3. The van der Waals surface area contributed by atoms with Crippen molar-refractivity contribution in [2.45, 2.75) is 37.7 Å². The highest BCUT2D eigenvalue weighted by Crippen LogP contribution is 2.46. The molecule has 2 aromatic carbocycles. The first-order valence-corrected chi connectivity index (χ1v) is 11.1. The standard InChI is InChI=1S/C25H24F3N3O4/c1-25(2,11-34-3)23-19(13-7-18(24(32)33)35-10-13)20-17(6-12-9-29-30-22(12)21(20)28)31(23)14-4-5-15(26)16(27)8-14/h4-6,8-9,13,18H,7,10-11H2,1-3H3,(H,29,30)(H,32,33)/t13-,18+/m1/s1. The zero-order chi connectivity index (χ0) is 25.1. The van der Waals surface area contributed by atoms with Crippen LogP contribution in [0.1, 0.15) is 37.4 Å². The van der Waals surface area contributed by atoms with Crippen molar-refractivity contribution < 1.29 is 32.5 Å². The molecule has 1 fully saturated rings.